The van der Waals surface area contributed by atoms with Crippen molar-refractivity contribution in [3.05, 3.63) is 82.4 Å². The van der Waals surface area contributed by atoms with Crippen LogP contribution in [-0.2, 0) is 0 Å². The maximum absolute atomic E-state index is 9.37. The number of hydrogen-bond acceptors (Lipinski definition) is 6. The van der Waals surface area contributed by atoms with Gasteiger partial charge in [-0.15, -0.1) is 0 Å². The van der Waals surface area contributed by atoms with Crippen molar-refractivity contribution < 1.29 is 4.74 Å². The van der Waals surface area contributed by atoms with Gasteiger partial charge in [-0.1, -0.05) is 29.3 Å². The fourth-order valence-electron chi connectivity index (χ4n) is 3.36. The fraction of sp³-hybridized carbons (Fsp3) is 0.240. The first-order valence-corrected chi connectivity index (χ1v) is 12.3. The molecule has 0 radical (unpaired) electrons. The summed E-state index contributed by atoms with van der Waals surface area (Å²) in [5.74, 6) is 1.42. The summed E-state index contributed by atoms with van der Waals surface area (Å²) in [7, 11) is 0. The van der Waals surface area contributed by atoms with Crippen molar-refractivity contribution in [2.45, 2.75) is 23.6 Å². The first kappa shape index (κ1) is 23.0. The van der Waals surface area contributed by atoms with E-state index in [1.807, 2.05) is 49.2 Å². The van der Waals surface area contributed by atoms with Gasteiger partial charge in [-0.2, -0.15) is 5.26 Å². The summed E-state index contributed by atoms with van der Waals surface area (Å²) in [5.41, 5.74) is 2.94. The molecule has 3 aromatic rings. The van der Waals surface area contributed by atoms with E-state index in [1.54, 1.807) is 18.0 Å². The van der Waals surface area contributed by atoms with Gasteiger partial charge in [-0.3, -0.25) is 0 Å². The van der Waals surface area contributed by atoms with Crippen molar-refractivity contribution in [2.75, 3.05) is 26.2 Å². The summed E-state index contributed by atoms with van der Waals surface area (Å²) in [6.45, 7) is 7.88. The van der Waals surface area contributed by atoms with Gasteiger partial charge in [0.2, 0.25) is 0 Å². The monoisotopic (exact) mass is 481 g/mol. The second kappa shape index (κ2) is 10.7. The molecule has 0 bridgehead atoms. The number of halogens is 1. The Bertz CT molecular complexity index is 1100. The first-order valence-electron chi connectivity index (χ1n) is 10.4. The van der Waals surface area contributed by atoms with E-state index in [-0.39, 0.29) is 0 Å². The lowest BCUT2D eigenvalue weighted by Gasteiger charge is -2.33. The molecule has 0 aliphatic carbocycles. The smallest absolute Gasteiger partial charge is 0.142 e. The molecule has 32 heavy (non-hydrogen) atoms. The molecule has 1 aliphatic rings. The molecule has 1 heterocycles. The van der Waals surface area contributed by atoms with E-state index in [0.717, 1.165) is 42.4 Å². The average Bonchev–Trinajstić information content (AvgIpc) is 2.77. The largest absolute Gasteiger partial charge is 0.456 e. The Labute approximate surface area is 203 Å². The number of hydrogen-bond donors (Lipinski definition) is 0. The van der Waals surface area contributed by atoms with Crippen molar-refractivity contribution in [1.29, 1.82) is 5.26 Å². The molecule has 0 saturated carbocycles. The molecule has 0 atom stereocenters. The standard InChI is InChI=1S/C25H24ClN3OS2/c1-18-3-6-23(7-4-18)31-28-9-11-29(12-10-28)32-25-15-20(17-27)5-8-24(25)30-22-14-19(2)13-21(26)16-22/h3-8,13-16H,9-12H2,1-2H3. The van der Waals surface area contributed by atoms with Gasteiger partial charge in [0.25, 0.3) is 0 Å². The molecule has 0 N–H and O–H groups in total. The Kier molecular flexibility index (Phi) is 7.67. The summed E-state index contributed by atoms with van der Waals surface area (Å²) < 4.78 is 10.9. The molecule has 4 rings (SSSR count). The topological polar surface area (TPSA) is 39.5 Å². The first-order chi connectivity index (χ1) is 15.5. The van der Waals surface area contributed by atoms with Gasteiger partial charge in [0.1, 0.15) is 11.5 Å². The fourth-order valence-corrected chi connectivity index (χ4v) is 5.55. The number of ether oxygens (including phenoxy) is 1. The molecule has 7 heteroatoms. The lowest BCUT2D eigenvalue weighted by atomic mass is 10.2. The third kappa shape index (κ3) is 6.22. The molecule has 0 unspecified atom stereocenters. The highest BCUT2D eigenvalue weighted by atomic mass is 35.5. The number of nitriles is 1. The molecule has 0 aromatic heterocycles. The van der Waals surface area contributed by atoms with Gasteiger partial charge in [-0.05, 0) is 91.8 Å². The number of benzene rings is 3. The molecule has 1 saturated heterocycles. The number of nitrogens with zero attached hydrogens (tertiary/aromatic N) is 3. The molecule has 1 aliphatic heterocycles. The normalized spacial score (nSPS) is 14.8. The predicted octanol–water partition coefficient (Wildman–Crippen LogP) is 6.95. The van der Waals surface area contributed by atoms with E-state index in [9.17, 15) is 5.26 Å². The molecule has 1 fully saturated rings. The van der Waals surface area contributed by atoms with Crippen molar-refractivity contribution >= 4 is 35.5 Å². The molecular weight excluding hydrogens is 458 g/mol. The van der Waals surface area contributed by atoms with E-state index in [0.29, 0.717) is 16.3 Å². The van der Waals surface area contributed by atoms with Gasteiger partial charge >= 0.3 is 0 Å². The maximum Gasteiger partial charge on any atom is 0.142 e. The zero-order valence-electron chi connectivity index (χ0n) is 18.0. The Morgan fingerprint density at radius 2 is 1.53 bits per heavy atom. The summed E-state index contributed by atoms with van der Waals surface area (Å²) in [6.07, 6.45) is 0. The average molecular weight is 482 g/mol. The van der Waals surface area contributed by atoms with Gasteiger partial charge in [-0.25, -0.2) is 8.61 Å². The van der Waals surface area contributed by atoms with Gasteiger partial charge in [0.05, 0.1) is 16.5 Å². The lowest BCUT2D eigenvalue weighted by Crippen LogP contribution is -2.39. The van der Waals surface area contributed by atoms with Crippen LogP contribution in [0.25, 0.3) is 0 Å². The van der Waals surface area contributed by atoms with Crippen LogP contribution in [0, 0.1) is 25.2 Å². The van der Waals surface area contributed by atoms with Crippen LogP contribution in [0.1, 0.15) is 16.7 Å². The van der Waals surface area contributed by atoms with Crippen molar-refractivity contribution in [3.63, 3.8) is 0 Å². The highest BCUT2D eigenvalue weighted by molar-refractivity contribution is 7.97. The van der Waals surface area contributed by atoms with Crippen LogP contribution in [0.5, 0.6) is 11.5 Å². The molecular formula is C25H24ClN3OS2. The summed E-state index contributed by atoms with van der Waals surface area (Å²) in [6, 6.07) is 22.1. The van der Waals surface area contributed by atoms with Crippen molar-refractivity contribution in [1.82, 2.24) is 8.61 Å². The minimum atomic E-state index is 0.621. The molecule has 0 amide bonds. The predicted molar refractivity (Wildman–Crippen MR) is 133 cm³/mol. The Morgan fingerprint density at radius 3 is 2.19 bits per heavy atom. The number of piperazine rings is 1. The van der Waals surface area contributed by atoms with Crippen LogP contribution < -0.4 is 4.74 Å². The van der Waals surface area contributed by atoms with Crippen LogP contribution in [0.4, 0.5) is 0 Å². The van der Waals surface area contributed by atoms with E-state index in [2.05, 4.69) is 45.9 Å². The van der Waals surface area contributed by atoms with E-state index >= 15 is 0 Å². The number of rotatable bonds is 6. The van der Waals surface area contributed by atoms with Gasteiger partial charge in [0.15, 0.2) is 0 Å². The zero-order chi connectivity index (χ0) is 22.5. The maximum atomic E-state index is 9.37. The Hall–Kier alpha value is -2.14. The van der Waals surface area contributed by atoms with Crippen LogP contribution in [-0.4, -0.2) is 34.8 Å². The third-order valence-corrected chi connectivity index (χ3v) is 7.46. The van der Waals surface area contributed by atoms with Crippen LogP contribution in [0.15, 0.2) is 70.5 Å². The van der Waals surface area contributed by atoms with Crippen LogP contribution in [0.3, 0.4) is 0 Å². The molecule has 164 valence electrons. The Morgan fingerprint density at radius 1 is 0.844 bits per heavy atom. The van der Waals surface area contributed by atoms with Gasteiger partial charge < -0.3 is 4.74 Å². The van der Waals surface area contributed by atoms with E-state index in [4.69, 9.17) is 16.3 Å². The second-order valence-electron chi connectivity index (χ2n) is 7.69. The molecule has 3 aromatic carbocycles. The highest BCUT2D eigenvalue weighted by Gasteiger charge is 2.20. The molecule has 4 nitrogen and oxygen atoms in total. The van der Waals surface area contributed by atoms with Crippen molar-refractivity contribution in [3.8, 4) is 17.6 Å². The summed E-state index contributed by atoms with van der Waals surface area (Å²) >= 11 is 9.65. The van der Waals surface area contributed by atoms with Crippen molar-refractivity contribution in [2.24, 2.45) is 0 Å². The SMILES string of the molecule is Cc1ccc(SN2CCN(Sc3cc(C#N)ccc3Oc3cc(C)cc(Cl)c3)CC2)cc1. The second-order valence-corrected chi connectivity index (χ2v) is 10.4. The minimum Gasteiger partial charge on any atom is -0.456 e. The van der Waals surface area contributed by atoms with Crippen LogP contribution in [0.2, 0.25) is 5.02 Å². The van der Waals surface area contributed by atoms with E-state index < -0.39 is 0 Å². The quantitative estimate of drug-likeness (QED) is 0.354. The summed E-state index contributed by atoms with van der Waals surface area (Å²) in [4.78, 5) is 2.20. The Balaban J connectivity index is 1.42. The highest BCUT2D eigenvalue weighted by Crippen LogP contribution is 2.37. The van der Waals surface area contributed by atoms with E-state index in [1.165, 1.54) is 10.5 Å². The lowest BCUT2D eigenvalue weighted by molar-refractivity contribution is 0.308. The summed E-state index contributed by atoms with van der Waals surface area (Å²) in [5, 5.41) is 10.0. The minimum absolute atomic E-state index is 0.621. The van der Waals surface area contributed by atoms with Gasteiger partial charge in [0, 0.05) is 36.1 Å². The molecule has 0 spiro atoms. The zero-order valence-corrected chi connectivity index (χ0v) is 20.4. The number of aryl methyl sites for hydroxylation is 2. The third-order valence-electron chi connectivity index (χ3n) is 5.00. The van der Waals surface area contributed by atoms with Crippen LogP contribution >= 0.6 is 35.5 Å².